The Labute approximate surface area is 78.6 Å². The molecule has 1 N–H and O–H groups in total. The molecule has 0 spiro atoms. The second-order valence-corrected chi connectivity index (χ2v) is 3.17. The van der Waals surface area contributed by atoms with E-state index >= 15 is 0 Å². The molecule has 0 fully saturated rings. The molecule has 0 saturated carbocycles. The molecule has 0 aliphatic carbocycles. The van der Waals surface area contributed by atoms with Crippen molar-refractivity contribution in [2.75, 3.05) is 20.6 Å². The molecule has 0 aromatic rings. The Bertz CT molecular complexity index is 210. The Morgan fingerprint density at radius 3 is 2.54 bits per heavy atom. The summed E-state index contributed by atoms with van der Waals surface area (Å²) in [6.07, 6.45) is 2.66. The highest BCUT2D eigenvalue weighted by Gasteiger charge is 1.97. The van der Waals surface area contributed by atoms with Crippen molar-refractivity contribution in [2.24, 2.45) is 0 Å². The molecule has 0 atom stereocenters. The fourth-order valence-corrected chi connectivity index (χ4v) is 0.796. The van der Waals surface area contributed by atoms with E-state index < -0.39 is 0 Å². The molecule has 0 bridgehead atoms. The van der Waals surface area contributed by atoms with Gasteiger partial charge in [-0.15, -0.1) is 0 Å². The van der Waals surface area contributed by atoms with Crippen LogP contribution in [0.25, 0.3) is 0 Å². The third-order valence-electron chi connectivity index (χ3n) is 1.53. The minimum absolute atomic E-state index is 0.355. The molecule has 0 aromatic carbocycles. The van der Waals surface area contributed by atoms with E-state index in [0.717, 1.165) is 18.5 Å². The van der Waals surface area contributed by atoms with Crippen molar-refractivity contribution in [2.45, 2.75) is 13.3 Å². The fraction of sp³-hybridized carbons (Fsp3) is 0.556. The molecule has 0 radical (unpaired) electrons. The van der Waals surface area contributed by atoms with Gasteiger partial charge >= 0.3 is 0 Å². The number of nitrogens with one attached hydrogen (secondary N) is 1. The zero-order valence-electron chi connectivity index (χ0n) is 8.33. The van der Waals surface area contributed by atoms with Gasteiger partial charge in [-0.25, -0.2) is 0 Å². The molecule has 13 heavy (non-hydrogen) atoms. The lowest BCUT2D eigenvalue weighted by Gasteiger charge is -2.08. The van der Waals surface area contributed by atoms with Crippen LogP contribution in [0.1, 0.15) is 13.3 Å². The van der Waals surface area contributed by atoms with E-state index in [2.05, 4.69) is 5.32 Å². The van der Waals surface area contributed by atoms with Gasteiger partial charge in [0.1, 0.15) is 0 Å². The molecule has 0 saturated heterocycles. The summed E-state index contributed by atoms with van der Waals surface area (Å²) in [5, 5.41) is 2.05. The van der Waals surface area contributed by atoms with Crippen molar-refractivity contribution in [3.8, 4) is 0 Å². The van der Waals surface area contributed by atoms with Gasteiger partial charge in [0.2, 0.25) is 12.3 Å². The highest BCUT2D eigenvalue weighted by atomic mass is 16.2. The Kier molecular flexibility index (Phi) is 5.80. The molecule has 0 unspecified atom stereocenters. The van der Waals surface area contributed by atoms with Crippen LogP contribution < -0.4 is 5.32 Å². The average Bonchev–Trinajstić information content (AvgIpc) is 2.01. The second kappa shape index (κ2) is 6.37. The smallest absolute Gasteiger partial charge is 0.250 e. The molecule has 4 nitrogen and oxygen atoms in total. The molecule has 4 heteroatoms. The van der Waals surface area contributed by atoms with Gasteiger partial charge in [-0.2, -0.15) is 0 Å². The number of amides is 2. The summed E-state index contributed by atoms with van der Waals surface area (Å²) in [6, 6.07) is 0. The van der Waals surface area contributed by atoms with Gasteiger partial charge in [0.15, 0.2) is 0 Å². The lowest BCUT2D eigenvalue weighted by molar-refractivity contribution is -0.121. The average molecular weight is 184 g/mol. The van der Waals surface area contributed by atoms with E-state index in [9.17, 15) is 9.59 Å². The van der Waals surface area contributed by atoms with Crippen LogP contribution in [0.3, 0.4) is 0 Å². The first-order chi connectivity index (χ1) is 6.06. The molecular formula is C9H16N2O2. The van der Waals surface area contributed by atoms with Crippen LogP contribution in [0, 0.1) is 0 Å². The number of carbonyl (C=O) groups excluding carboxylic acids is 2. The molecule has 2 amide bonds. The maximum absolute atomic E-state index is 10.9. The predicted molar refractivity (Wildman–Crippen MR) is 51.1 cm³/mol. The summed E-state index contributed by atoms with van der Waals surface area (Å²) in [4.78, 5) is 22.8. The van der Waals surface area contributed by atoms with Crippen LogP contribution in [0.4, 0.5) is 0 Å². The van der Waals surface area contributed by atoms with Crippen molar-refractivity contribution in [1.82, 2.24) is 10.2 Å². The molecule has 0 aromatic heterocycles. The molecule has 0 aliphatic rings. The maximum atomic E-state index is 10.9. The van der Waals surface area contributed by atoms with Crippen LogP contribution >= 0.6 is 0 Å². The van der Waals surface area contributed by atoms with Gasteiger partial charge < -0.3 is 4.90 Å². The lowest BCUT2D eigenvalue weighted by atomic mass is 10.2. The topological polar surface area (TPSA) is 49.4 Å². The number of hydrogen-bond donors (Lipinski definition) is 1. The first kappa shape index (κ1) is 11.8. The maximum Gasteiger partial charge on any atom is 0.250 e. The summed E-state index contributed by atoms with van der Waals surface area (Å²) in [7, 11) is 3.94. The van der Waals surface area contributed by atoms with Crippen LogP contribution in [0.2, 0.25) is 0 Å². The van der Waals surface area contributed by atoms with Crippen molar-refractivity contribution >= 4 is 12.3 Å². The largest absolute Gasteiger partial charge is 0.309 e. The van der Waals surface area contributed by atoms with Crippen molar-refractivity contribution in [3.05, 3.63) is 11.6 Å². The summed E-state index contributed by atoms with van der Waals surface area (Å²) in [6.45, 7) is 2.77. The quantitative estimate of drug-likeness (QED) is 0.489. The van der Waals surface area contributed by atoms with Gasteiger partial charge in [-0.1, -0.05) is 5.57 Å². The third kappa shape index (κ3) is 7.21. The van der Waals surface area contributed by atoms with E-state index in [1.165, 1.54) is 6.08 Å². The number of rotatable bonds is 5. The number of imide groups is 1. The Morgan fingerprint density at radius 2 is 2.08 bits per heavy atom. The van der Waals surface area contributed by atoms with Gasteiger partial charge in [-0.05, 0) is 27.4 Å². The van der Waals surface area contributed by atoms with E-state index in [-0.39, 0.29) is 5.91 Å². The van der Waals surface area contributed by atoms with Crippen LogP contribution in [-0.2, 0) is 9.59 Å². The van der Waals surface area contributed by atoms with Crippen LogP contribution in [0.15, 0.2) is 11.6 Å². The zero-order valence-corrected chi connectivity index (χ0v) is 8.33. The van der Waals surface area contributed by atoms with E-state index in [0.29, 0.717) is 6.41 Å². The molecular weight excluding hydrogens is 168 g/mol. The van der Waals surface area contributed by atoms with Gasteiger partial charge in [0.25, 0.3) is 0 Å². The van der Waals surface area contributed by atoms with E-state index in [4.69, 9.17) is 0 Å². The first-order valence-corrected chi connectivity index (χ1v) is 4.12. The number of nitrogens with zero attached hydrogens (tertiary/aromatic N) is 1. The SMILES string of the molecule is CC(=CC(=O)NC=O)CCN(C)C. The number of carbonyl (C=O) groups is 2. The molecule has 0 rings (SSSR count). The summed E-state index contributed by atoms with van der Waals surface area (Å²) in [5.74, 6) is -0.355. The van der Waals surface area contributed by atoms with Gasteiger partial charge in [0.05, 0.1) is 0 Å². The minimum atomic E-state index is -0.355. The monoisotopic (exact) mass is 184 g/mol. The standard InChI is InChI=1S/C9H16N2O2/c1-8(4-5-11(2)3)6-9(13)10-7-12/h6-7H,4-5H2,1-3H3,(H,10,12,13). The molecule has 0 aliphatic heterocycles. The summed E-state index contributed by atoms with van der Waals surface area (Å²) < 4.78 is 0. The minimum Gasteiger partial charge on any atom is -0.309 e. The van der Waals surface area contributed by atoms with Crippen LogP contribution in [0.5, 0.6) is 0 Å². The Hall–Kier alpha value is -1.16. The molecule has 0 heterocycles. The molecule has 74 valence electrons. The summed E-state index contributed by atoms with van der Waals surface area (Å²) >= 11 is 0. The van der Waals surface area contributed by atoms with Gasteiger partial charge in [0, 0.05) is 12.6 Å². The first-order valence-electron chi connectivity index (χ1n) is 4.12. The summed E-state index contributed by atoms with van der Waals surface area (Å²) in [5.41, 5.74) is 0.966. The Balaban J connectivity index is 3.86. The van der Waals surface area contributed by atoms with Crippen molar-refractivity contribution in [1.29, 1.82) is 0 Å². The van der Waals surface area contributed by atoms with Crippen LogP contribution in [-0.4, -0.2) is 37.9 Å². The highest BCUT2D eigenvalue weighted by Crippen LogP contribution is 1.99. The van der Waals surface area contributed by atoms with E-state index in [1.54, 1.807) is 0 Å². The zero-order chi connectivity index (χ0) is 10.3. The third-order valence-corrected chi connectivity index (χ3v) is 1.53. The van der Waals surface area contributed by atoms with Crippen molar-refractivity contribution in [3.63, 3.8) is 0 Å². The van der Waals surface area contributed by atoms with E-state index in [1.807, 2.05) is 25.9 Å². The number of hydrogen-bond acceptors (Lipinski definition) is 3. The van der Waals surface area contributed by atoms with Gasteiger partial charge in [-0.3, -0.25) is 14.9 Å². The fourth-order valence-electron chi connectivity index (χ4n) is 0.796. The van der Waals surface area contributed by atoms with Crippen molar-refractivity contribution < 1.29 is 9.59 Å². The highest BCUT2D eigenvalue weighted by molar-refractivity contribution is 5.94. The Morgan fingerprint density at radius 1 is 1.46 bits per heavy atom. The lowest BCUT2D eigenvalue weighted by Crippen LogP contribution is -2.19. The normalized spacial score (nSPS) is 11.5. The second-order valence-electron chi connectivity index (χ2n) is 3.17. The predicted octanol–water partition coefficient (Wildman–Crippen LogP) is 0.157.